The van der Waals surface area contributed by atoms with Gasteiger partial charge in [-0.2, -0.15) is 14.6 Å². The molecule has 1 unspecified atom stereocenters. The third-order valence-electron chi connectivity index (χ3n) is 4.06. The Morgan fingerprint density at radius 1 is 1.38 bits per heavy atom. The normalized spacial score (nSPS) is 23.6. The van der Waals surface area contributed by atoms with E-state index in [1.807, 2.05) is 6.07 Å². The van der Waals surface area contributed by atoms with E-state index in [9.17, 15) is 0 Å². The predicted octanol–water partition coefficient (Wildman–Crippen LogP) is 2.44. The second kappa shape index (κ2) is 4.66. The average molecular weight is 289 g/mol. The van der Waals surface area contributed by atoms with E-state index >= 15 is 0 Å². The number of aromatic nitrogens is 4. The third kappa shape index (κ3) is 2.60. The lowest BCUT2D eigenvalue weighted by molar-refractivity contribution is -0.0662. The highest BCUT2D eigenvalue weighted by Gasteiger charge is 2.46. The van der Waals surface area contributed by atoms with Crippen LogP contribution in [0.25, 0.3) is 5.78 Å². The van der Waals surface area contributed by atoms with E-state index < -0.39 is 0 Å². The monoisotopic (exact) mass is 289 g/mol. The predicted molar refractivity (Wildman–Crippen MR) is 81.4 cm³/mol. The van der Waals surface area contributed by atoms with E-state index in [4.69, 9.17) is 4.74 Å². The van der Waals surface area contributed by atoms with Crippen molar-refractivity contribution in [2.75, 3.05) is 5.32 Å². The number of hydrogen-bond acceptors (Lipinski definition) is 5. The molecule has 1 aliphatic heterocycles. The van der Waals surface area contributed by atoms with Crippen LogP contribution < -0.4 is 5.32 Å². The Morgan fingerprint density at radius 2 is 2.14 bits per heavy atom. The minimum absolute atomic E-state index is 0.122. The van der Waals surface area contributed by atoms with E-state index in [2.05, 4.69) is 55.0 Å². The Kier molecular flexibility index (Phi) is 3.16. The van der Waals surface area contributed by atoms with Crippen molar-refractivity contribution in [2.45, 2.75) is 64.7 Å². The third-order valence-corrected chi connectivity index (χ3v) is 4.06. The first-order valence-electron chi connectivity index (χ1n) is 7.47. The Morgan fingerprint density at radius 3 is 2.76 bits per heavy atom. The second-order valence-electron chi connectivity index (χ2n) is 6.82. The maximum absolute atomic E-state index is 6.15. The molecule has 0 radical (unpaired) electrons. The lowest BCUT2D eigenvalue weighted by atomic mass is 9.94. The molecule has 0 amide bonds. The summed E-state index contributed by atoms with van der Waals surface area (Å²) in [6.45, 7) is 10.6. The Bertz CT molecular complexity index is 661. The molecule has 6 nitrogen and oxygen atoms in total. The molecule has 0 aromatic carbocycles. The van der Waals surface area contributed by atoms with E-state index in [1.54, 1.807) is 4.52 Å². The van der Waals surface area contributed by atoms with Crippen LogP contribution in [-0.4, -0.2) is 36.8 Å². The molecule has 1 N–H and O–H groups in total. The summed E-state index contributed by atoms with van der Waals surface area (Å²) < 4.78 is 7.90. The van der Waals surface area contributed by atoms with E-state index in [-0.39, 0.29) is 17.2 Å². The molecule has 0 aliphatic carbocycles. The van der Waals surface area contributed by atoms with Crippen molar-refractivity contribution < 1.29 is 4.74 Å². The van der Waals surface area contributed by atoms with Crippen molar-refractivity contribution in [3.63, 3.8) is 0 Å². The summed E-state index contributed by atoms with van der Waals surface area (Å²) in [6, 6.07) is 2.26. The van der Waals surface area contributed by atoms with Crippen LogP contribution in [0.1, 0.15) is 46.7 Å². The molecule has 0 bridgehead atoms. The summed E-state index contributed by atoms with van der Waals surface area (Å²) in [5.74, 6) is 1.56. The number of anilines is 1. The SMILES string of the molecule is CCc1cc(NC2CC(C)(C)OC2(C)C)n2ncnc2n1. The van der Waals surface area contributed by atoms with Gasteiger partial charge in [0, 0.05) is 11.8 Å². The summed E-state index contributed by atoms with van der Waals surface area (Å²) in [6.07, 6.45) is 3.35. The fourth-order valence-electron chi connectivity index (χ4n) is 3.11. The Balaban J connectivity index is 1.96. The van der Waals surface area contributed by atoms with Gasteiger partial charge in [-0.25, -0.2) is 4.98 Å². The molecule has 3 heterocycles. The number of nitrogens with zero attached hydrogens (tertiary/aromatic N) is 4. The molecule has 1 aliphatic rings. The van der Waals surface area contributed by atoms with Gasteiger partial charge in [0.15, 0.2) is 0 Å². The molecule has 6 heteroatoms. The van der Waals surface area contributed by atoms with Gasteiger partial charge in [0.25, 0.3) is 5.78 Å². The van der Waals surface area contributed by atoms with Crippen LogP contribution in [0.3, 0.4) is 0 Å². The van der Waals surface area contributed by atoms with Gasteiger partial charge >= 0.3 is 0 Å². The fraction of sp³-hybridized carbons (Fsp3) is 0.667. The van der Waals surface area contributed by atoms with Gasteiger partial charge in [-0.1, -0.05) is 6.92 Å². The van der Waals surface area contributed by atoms with Crippen LogP contribution in [0.15, 0.2) is 12.4 Å². The van der Waals surface area contributed by atoms with Crippen molar-refractivity contribution in [3.8, 4) is 0 Å². The van der Waals surface area contributed by atoms with Gasteiger partial charge in [0.2, 0.25) is 0 Å². The maximum Gasteiger partial charge on any atom is 0.254 e. The number of fused-ring (bicyclic) bond motifs is 1. The van der Waals surface area contributed by atoms with Crippen molar-refractivity contribution in [2.24, 2.45) is 0 Å². The van der Waals surface area contributed by atoms with Gasteiger partial charge in [-0.15, -0.1) is 0 Å². The molecular weight excluding hydrogens is 266 g/mol. The molecule has 1 fully saturated rings. The van der Waals surface area contributed by atoms with Crippen molar-refractivity contribution >= 4 is 11.6 Å². The van der Waals surface area contributed by atoms with E-state index in [1.165, 1.54) is 6.33 Å². The number of hydrogen-bond donors (Lipinski definition) is 1. The molecule has 3 rings (SSSR count). The standard InChI is InChI=1S/C15H23N5O/c1-6-10-7-12(20-13(18-10)16-9-17-20)19-11-8-14(2,3)21-15(11,4)5/h7,9,11,19H,6,8H2,1-5H3. The lowest BCUT2D eigenvalue weighted by Gasteiger charge is -2.28. The van der Waals surface area contributed by atoms with E-state index in [0.29, 0.717) is 5.78 Å². The Labute approximate surface area is 124 Å². The largest absolute Gasteiger partial charge is 0.367 e. The highest BCUT2D eigenvalue weighted by atomic mass is 16.5. The number of rotatable bonds is 3. The van der Waals surface area contributed by atoms with Gasteiger partial charge in [0.05, 0.1) is 17.2 Å². The summed E-state index contributed by atoms with van der Waals surface area (Å²) in [7, 11) is 0. The number of aryl methyl sites for hydroxylation is 1. The molecule has 21 heavy (non-hydrogen) atoms. The summed E-state index contributed by atoms with van der Waals surface area (Å²) in [5, 5.41) is 7.85. The quantitative estimate of drug-likeness (QED) is 0.940. The zero-order chi connectivity index (χ0) is 15.3. The zero-order valence-corrected chi connectivity index (χ0v) is 13.3. The molecule has 1 saturated heterocycles. The smallest absolute Gasteiger partial charge is 0.254 e. The highest BCUT2D eigenvalue weighted by Crippen LogP contribution is 2.38. The van der Waals surface area contributed by atoms with Crippen molar-refractivity contribution in [3.05, 3.63) is 18.1 Å². The molecule has 1 atom stereocenters. The Hall–Kier alpha value is -1.69. The van der Waals surface area contributed by atoms with Gasteiger partial charge in [-0.05, 0) is 40.5 Å². The summed E-state index contributed by atoms with van der Waals surface area (Å²) in [5.41, 5.74) is 0.656. The van der Waals surface area contributed by atoms with Crippen LogP contribution in [-0.2, 0) is 11.2 Å². The van der Waals surface area contributed by atoms with Gasteiger partial charge in [-0.3, -0.25) is 0 Å². The fourth-order valence-corrected chi connectivity index (χ4v) is 3.11. The average Bonchev–Trinajstić information content (AvgIpc) is 2.91. The number of ether oxygens (including phenoxy) is 1. The molecule has 0 saturated carbocycles. The first kappa shape index (κ1) is 14.3. The summed E-state index contributed by atoms with van der Waals surface area (Å²) in [4.78, 5) is 8.67. The molecular formula is C15H23N5O. The van der Waals surface area contributed by atoms with Gasteiger partial charge < -0.3 is 10.1 Å². The zero-order valence-electron chi connectivity index (χ0n) is 13.3. The second-order valence-corrected chi connectivity index (χ2v) is 6.82. The molecule has 2 aromatic heterocycles. The molecule has 0 spiro atoms. The highest BCUT2D eigenvalue weighted by molar-refractivity contribution is 5.46. The first-order valence-corrected chi connectivity index (χ1v) is 7.47. The first-order chi connectivity index (χ1) is 9.81. The minimum atomic E-state index is -0.230. The van der Waals surface area contributed by atoms with Crippen LogP contribution in [0, 0.1) is 0 Å². The minimum Gasteiger partial charge on any atom is -0.367 e. The topological polar surface area (TPSA) is 64.3 Å². The summed E-state index contributed by atoms with van der Waals surface area (Å²) >= 11 is 0. The van der Waals surface area contributed by atoms with Crippen LogP contribution >= 0.6 is 0 Å². The molecule has 2 aromatic rings. The van der Waals surface area contributed by atoms with Crippen molar-refractivity contribution in [1.29, 1.82) is 0 Å². The van der Waals surface area contributed by atoms with Crippen LogP contribution in [0.4, 0.5) is 5.82 Å². The number of nitrogens with one attached hydrogen (secondary N) is 1. The molecule has 114 valence electrons. The lowest BCUT2D eigenvalue weighted by Crippen LogP contribution is -2.38. The van der Waals surface area contributed by atoms with E-state index in [0.717, 1.165) is 24.4 Å². The van der Waals surface area contributed by atoms with Crippen LogP contribution in [0.5, 0.6) is 0 Å². The maximum atomic E-state index is 6.15. The van der Waals surface area contributed by atoms with Crippen molar-refractivity contribution in [1.82, 2.24) is 19.6 Å². The van der Waals surface area contributed by atoms with Crippen LogP contribution in [0.2, 0.25) is 0 Å². The van der Waals surface area contributed by atoms with Gasteiger partial charge in [0.1, 0.15) is 12.1 Å².